The van der Waals surface area contributed by atoms with Crippen molar-refractivity contribution in [2.24, 2.45) is 0 Å². The average Bonchev–Trinajstić information content (AvgIpc) is 2.37. The number of benzene rings is 1. The maximum atomic E-state index is 13.4. The summed E-state index contributed by atoms with van der Waals surface area (Å²) in [5.41, 5.74) is 0. The fraction of sp³-hybridized carbons (Fsp3) is 0.500. The van der Waals surface area contributed by atoms with Crippen molar-refractivity contribution in [2.45, 2.75) is 13.0 Å². The molecule has 19 heavy (non-hydrogen) atoms. The molecule has 104 valence electrons. The molecule has 1 unspecified atom stereocenters. The Hall–Kier alpha value is -1.62. The van der Waals surface area contributed by atoms with Crippen LogP contribution in [0.1, 0.15) is 6.92 Å². The van der Waals surface area contributed by atoms with Gasteiger partial charge in [-0.05, 0) is 26.1 Å². The molecular weight excluding hydrogens is 247 g/mol. The van der Waals surface area contributed by atoms with Gasteiger partial charge in [-0.3, -0.25) is 4.79 Å². The monoisotopic (exact) mass is 266 g/mol. The first-order valence-corrected chi connectivity index (χ1v) is 6.43. The van der Waals surface area contributed by atoms with Crippen LogP contribution in [0.25, 0.3) is 0 Å². The zero-order chi connectivity index (χ0) is 13.8. The van der Waals surface area contributed by atoms with E-state index in [-0.39, 0.29) is 24.3 Å². The Morgan fingerprint density at radius 3 is 2.84 bits per heavy atom. The molecule has 0 N–H and O–H groups in total. The van der Waals surface area contributed by atoms with Crippen molar-refractivity contribution >= 4 is 5.91 Å². The summed E-state index contributed by atoms with van der Waals surface area (Å²) in [5, 5.41) is 0. The number of rotatable bonds is 3. The van der Waals surface area contributed by atoms with E-state index in [2.05, 4.69) is 4.90 Å². The van der Waals surface area contributed by atoms with Crippen LogP contribution >= 0.6 is 0 Å². The van der Waals surface area contributed by atoms with Gasteiger partial charge in [-0.2, -0.15) is 0 Å². The molecule has 4 nitrogen and oxygen atoms in total. The summed E-state index contributed by atoms with van der Waals surface area (Å²) in [7, 11) is 2.04. The van der Waals surface area contributed by atoms with Crippen LogP contribution in [-0.2, 0) is 4.79 Å². The van der Waals surface area contributed by atoms with E-state index in [1.165, 1.54) is 12.1 Å². The Morgan fingerprint density at radius 1 is 1.42 bits per heavy atom. The van der Waals surface area contributed by atoms with Gasteiger partial charge in [0, 0.05) is 25.7 Å². The lowest BCUT2D eigenvalue weighted by Crippen LogP contribution is -2.53. The van der Waals surface area contributed by atoms with Crippen molar-refractivity contribution in [1.82, 2.24) is 9.80 Å². The first-order chi connectivity index (χ1) is 9.08. The number of ether oxygens (including phenoxy) is 1. The van der Waals surface area contributed by atoms with Crippen LogP contribution in [-0.4, -0.2) is 55.0 Å². The van der Waals surface area contributed by atoms with Crippen molar-refractivity contribution in [1.29, 1.82) is 0 Å². The van der Waals surface area contributed by atoms with Gasteiger partial charge < -0.3 is 14.5 Å². The van der Waals surface area contributed by atoms with Crippen molar-refractivity contribution in [3.05, 3.63) is 30.1 Å². The van der Waals surface area contributed by atoms with Crippen LogP contribution in [0.5, 0.6) is 5.75 Å². The number of carbonyl (C=O) groups excluding carboxylic acids is 1. The van der Waals surface area contributed by atoms with Crippen LogP contribution in [0.15, 0.2) is 24.3 Å². The second kappa shape index (κ2) is 6.02. The normalized spacial score (nSPS) is 20.4. The number of hydrogen-bond acceptors (Lipinski definition) is 3. The lowest BCUT2D eigenvalue weighted by atomic mass is 10.2. The highest BCUT2D eigenvalue weighted by atomic mass is 19.1. The number of hydrogen-bond donors (Lipinski definition) is 0. The quantitative estimate of drug-likeness (QED) is 0.828. The Labute approximate surface area is 112 Å². The number of carbonyl (C=O) groups is 1. The number of amides is 1. The van der Waals surface area contributed by atoms with E-state index >= 15 is 0 Å². The lowest BCUT2D eigenvalue weighted by Gasteiger charge is -2.38. The molecule has 0 aromatic heterocycles. The van der Waals surface area contributed by atoms with Crippen molar-refractivity contribution in [3.8, 4) is 5.75 Å². The van der Waals surface area contributed by atoms with E-state index in [4.69, 9.17) is 4.74 Å². The minimum atomic E-state index is -0.443. The molecule has 1 heterocycles. The third-order valence-corrected chi connectivity index (χ3v) is 3.34. The SMILES string of the molecule is CC1CN(C)CCN1C(=O)COc1ccccc1F. The van der Waals surface area contributed by atoms with Crippen LogP contribution in [0.2, 0.25) is 0 Å². The van der Waals surface area contributed by atoms with Crippen LogP contribution < -0.4 is 4.74 Å². The molecule has 1 fully saturated rings. The van der Waals surface area contributed by atoms with E-state index in [1.807, 2.05) is 14.0 Å². The van der Waals surface area contributed by atoms with Gasteiger partial charge in [0.1, 0.15) is 0 Å². The summed E-state index contributed by atoms with van der Waals surface area (Å²) in [5.74, 6) is -0.414. The van der Waals surface area contributed by atoms with Gasteiger partial charge in [-0.15, -0.1) is 0 Å². The van der Waals surface area contributed by atoms with Gasteiger partial charge in [0.2, 0.25) is 0 Å². The largest absolute Gasteiger partial charge is 0.481 e. The standard InChI is InChI=1S/C14H19FN2O2/c1-11-9-16(2)7-8-17(11)14(18)10-19-13-6-4-3-5-12(13)15/h3-6,11H,7-10H2,1-2H3. The summed E-state index contributed by atoms with van der Waals surface area (Å²) in [6.45, 7) is 4.30. The van der Waals surface area contributed by atoms with E-state index in [1.54, 1.807) is 17.0 Å². The van der Waals surface area contributed by atoms with Crippen LogP contribution in [0.3, 0.4) is 0 Å². The second-order valence-corrected chi connectivity index (χ2v) is 4.92. The highest BCUT2D eigenvalue weighted by molar-refractivity contribution is 5.78. The molecule has 1 aromatic carbocycles. The van der Waals surface area contributed by atoms with Gasteiger partial charge in [0.15, 0.2) is 18.2 Å². The van der Waals surface area contributed by atoms with Crippen molar-refractivity contribution in [2.75, 3.05) is 33.3 Å². The van der Waals surface area contributed by atoms with Crippen molar-refractivity contribution in [3.63, 3.8) is 0 Å². The predicted molar refractivity (Wildman–Crippen MR) is 70.6 cm³/mol. The maximum Gasteiger partial charge on any atom is 0.260 e. The van der Waals surface area contributed by atoms with Gasteiger partial charge in [0.05, 0.1) is 0 Å². The molecule has 0 radical (unpaired) electrons. The molecule has 1 saturated heterocycles. The summed E-state index contributed by atoms with van der Waals surface area (Å²) in [6, 6.07) is 6.28. The fourth-order valence-corrected chi connectivity index (χ4v) is 2.29. The molecule has 0 spiro atoms. The first-order valence-electron chi connectivity index (χ1n) is 6.43. The molecule has 1 aromatic rings. The van der Waals surface area contributed by atoms with Gasteiger partial charge in [-0.25, -0.2) is 4.39 Å². The van der Waals surface area contributed by atoms with Crippen LogP contribution in [0.4, 0.5) is 4.39 Å². The molecule has 0 bridgehead atoms. The molecule has 1 aliphatic heterocycles. The highest BCUT2D eigenvalue weighted by Crippen LogP contribution is 2.16. The molecule has 0 saturated carbocycles. The number of para-hydroxylation sites is 1. The summed E-state index contributed by atoms with van der Waals surface area (Å²) < 4.78 is 18.6. The third kappa shape index (κ3) is 3.44. The minimum absolute atomic E-state index is 0.0937. The molecule has 1 atom stereocenters. The average molecular weight is 266 g/mol. The number of piperazine rings is 1. The fourth-order valence-electron chi connectivity index (χ4n) is 2.29. The third-order valence-electron chi connectivity index (χ3n) is 3.34. The van der Waals surface area contributed by atoms with Crippen molar-refractivity contribution < 1.29 is 13.9 Å². The molecule has 1 amide bonds. The highest BCUT2D eigenvalue weighted by Gasteiger charge is 2.25. The Balaban J connectivity index is 1.89. The van der Waals surface area contributed by atoms with Gasteiger partial charge in [0.25, 0.3) is 5.91 Å². The molecule has 0 aliphatic carbocycles. The minimum Gasteiger partial charge on any atom is -0.481 e. The second-order valence-electron chi connectivity index (χ2n) is 4.92. The number of nitrogens with zero attached hydrogens (tertiary/aromatic N) is 2. The zero-order valence-corrected chi connectivity index (χ0v) is 11.3. The summed E-state index contributed by atoms with van der Waals surface area (Å²) in [6.07, 6.45) is 0. The van der Waals surface area contributed by atoms with E-state index in [9.17, 15) is 9.18 Å². The molecule has 1 aliphatic rings. The topological polar surface area (TPSA) is 32.8 Å². The molecule has 5 heteroatoms. The first kappa shape index (κ1) is 13.8. The predicted octanol–water partition coefficient (Wildman–Crippen LogP) is 1.37. The van der Waals surface area contributed by atoms with E-state index in [0.717, 1.165) is 13.1 Å². The number of halogens is 1. The zero-order valence-electron chi connectivity index (χ0n) is 11.3. The maximum absolute atomic E-state index is 13.4. The van der Waals surface area contributed by atoms with Gasteiger partial charge >= 0.3 is 0 Å². The summed E-state index contributed by atoms with van der Waals surface area (Å²) in [4.78, 5) is 16.0. The Morgan fingerprint density at radius 2 is 2.16 bits per heavy atom. The molecular formula is C14H19FN2O2. The Kier molecular flexibility index (Phi) is 4.37. The van der Waals surface area contributed by atoms with Gasteiger partial charge in [-0.1, -0.05) is 12.1 Å². The van der Waals surface area contributed by atoms with E-state index < -0.39 is 5.82 Å². The summed E-state index contributed by atoms with van der Waals surface area (Å²) >= 11 is 0. The lowest BCUT2D eigenvalue weighted by molar-refractivity contribution is -0.137. The smallest absolute Gasteiger partial charge is 0.260 e. The number of likely N-dealkylation sites (N-methyl/N-ethyl adjacent to an activating group) is 1. The molecule has 2 rings (SSSR count). The Bertz CT molecular complexity index is 453. The van der Waals surface area contributed by atoms with E-state index in [0.29, 0.717) is 6.54 Å². The van der Waals surface area contributed by atoms with Crippen LogP contribution in [0, 0.1) is 5.82 Å².